The number of carbonyl (C=O) groups excluding carboxylic acids is 2. The van der Waals surface area contributed by atoms with Gasteiger partial charge >= 0.3 is 0 Å². The van der Waals surface area contributed by atoms with Crippen LogP contribution in [0.5, 0.6) is 5.75 Å². The Balaban J connectivity index is 1.76. The number of benzene rings is 1. The lowest BCUT2D eigenvalue weighted by atomic mass is 10.1. The Hall–Kier alpha value is -1.83. The van der Waals surface area contributed by atoms with E-state index in [-0.39, 0.29) is 11.8 Å². The number of methoxy groups -OCH3 is 1. The first kappa shape index (κ1) is 19.9. The SMILES string of the molecule is CCSC1=C(c2ccccc2OC)C(=O)N(CCCN2CCOCC2)C1=O. The molecule has 3 rings (SSSR count). The third-order valence-electron chi connectivity index (χ3n) is 4.75. The molecule has 146 valence electrons. The van der Waals surface area contributed by atoms with E-state index in [0.717, 1.165) is 45.0 Å². The van der Waals surface area contributed by atoms with Crippen LogP contribution in [0.25, 0.3) is 5.57 Å². The number of ether oxygens (including phenoxy) is 2. The van der Waals surface area contributed by atoms with Crippen molar-refractivity contribution in [3.8, 4) is 5.75 Å². The monoisotopic (exact) mass is 390 g/mol. The Morgan fingerprint density at radius 2 is 1.85 bits per heavy atom. The van der Waals surface area contributed by atoms with Crippen molar-refractivity contribution in [1.82, 2.24) is 9.80 Å². The van der Waals surface area contributed by atoms with Crippen LogP contribution in [0.1, 0.15) is 18.9 Å². The average molecular weight is 391 g/mol. The molecule has 0 aliphatic carbocycles. The van der Waals surface area contributed by atoms with Crippen molar-refractivity contribution >= 4 is 29.1 Å². The molecule has 2 amide bonds. The van der Waals surface area contributed by atoms with E-state index >= 15 is 0 Å². The molecule has 0 N–H and O–H groups in total. The lowest BCUT2D eigenvalue weighted by Gasteiger charge is -2.27. The quantitative estimate of drug-likeness (QED) is 0.635. The van der Waals surface area contributed by atoms with Crippen LogP contribution in [0.2, 0.25) is 0 Å². The van der Waals surface area contributed by atoms with Crippen molar-refractivity contribution < 1.29 is 19.1 Å². The minimum absolute atomic E-state index is 0.185. The van der Waals surface area contributed by atoms with E-state index in [2.05, 4.69) is 4.90 Å². The lowest BCUT2D eigenvalue weighted by Crippen LogP contribution is -2.39. The molecule has 0 saturated carbocycles. The number of hydrogen-bond acceptors (Lipinski definition) is 6. The number of rotatable bonds is 8. The van der Waals surface area contributed by atoms with E-state index < -0.39 is 0 Å². The van der Waals surface area contributed by atoms with Crippen molar-refractivity contribution in [1.29, 1.82) is 0 Å². The van der Waals surface area contributed by atoms with Gasteiger partial charge in [-0.05, 0) is 18.2 Å². The fourth-order valence-electron chi connectivity index (χ4n) is 3.40. The van der Waals surface area contributed by atoms with Gasteiger partial charge in [0.15, 0.2) is 0 Å². The van der Waals surface area contributed by atoms with Crippen LogP contribution in [0.15, 0.2) is 29.2 Å². The Morgan fingerprint density at radius 1 is 1.11 bits per heavy atom. The van der Waals surface area contributed by atoms with Crippen molar-refractivity contribution in [2.24, 2.45) is 0 Å². The Bertz CT molecular complexity index is 728. The number of carbonyl (C=O) groups is 2. The Kier molecular flexibility index (Phi) is 6.93. The predicted octanol–water partition coefficient (Wildman–Crippen LogP) is 2.25. The molecule has 0 aromatic heterocycles. The third kappa shape index (κ3) is 4.36. The van der Waals surface area contributed by atoms with Crippen LogP contribution < -0.4 is 4.74 Å². The number of morpholine rings is 1. The van der Waals surface area contributed by atoms with E-state index in [1.54, 1.807) is 7.11 Å². The van der Waals surface area contributed by atoms with Crippen LogP contribution in [0.3, 0.4) is 0 Å². The second kappa shape index (κ2) is 9.39. The zero-order valence-corrected chi connectivity index (χ0v) is 16.7. The molecule has 0 atom stereocenters. The summed E-state index contributed by atoms with van der Waals surface area (Å²) in [7, 11) is 1.58. The minimum atomic E-state index is -0.220. The number of hydrogen-bond donors (Lipinski definition) is 0. The molecule has 1 saturated heterocycles. The van der Waals surface area contributed by atoms with Crippen LogP contribution in [-0.2, 0) is 14.3 Å². The molecule has 1 fully saturated rings. The van der Waals surface area contributed by atoms with Crippen molar-refractivity contribution in [3.63, 3.8) is 0 Å². The van der Waals surface area contributed by atoms with Gasteiger partial charge in [0.25, 0.3) is 11.8 Å². The van der Waals surface area contributed by atoms with Crippen LogP contribution in [0.4, 0.5) is 0 Å². The van der Waals surface area contributed by atoms with Gasteiger partial charge in [-0.15, -0.1) is 11.8 Å². The van der Waals surface area contributed by atoms with Crippen molar-refractivity contribution in [2.75, 3.05) is 52.3 Å². The van der Waals surface area contributed by atoms with E-state index in [1.807, 2.05) is 31.2 Å². The topological polar surface area (TPSA) is 59.1 Å². The van der Waals surface area contributed by atoms with E-state index in [1.165, 1.54) is 16.7 Å². The first-order valence-corrected chi connectivity index (χ1v) is 10.3. The van der Waals surface area contributed by atoms with Gasteiger partial charge in [-0.2, -0.15) is 0 Å². The highest BCUT2D eigenvalue weighted by Crippen LogP contribution is 2.39. The van der Waals surface area contributed by atoms with Crippen LogP contribution in [0, 0.1) is 0 Å². The van der Waals surface area contributed by atoms with Gasteiger partial charge in [0.1, 0.15) is 5.75 Å². The second-order valence-electron chi connectivity index (χ2n) is 6.41. The van der Waals surface area contributed by atoms with Gasteiger partial charge in [0.2, 0.25) is 0 Å². The van der Waals surface area contributed by atoms with Crippen LogP contribution in [-0.4, -0.2) is 73.9 Å². The number of amides is 2. The number of thioether (sulfide) groups is 1. The molecule has 0 radical (unpaired) electrons. The fourth-order valence-corrected chi connectivity index (χ4v) is 4.26. The van der Waals surface area contributed by atoms with Gasteiger partial charge in [-0.1, -0.05) is 25.1 Å². The molecule has 2 aliphatic rings. The molecule has 27 heavy (non-hydrogen) atoms. The van der Waals surface area contributed by atoms with E-state index in [9.17, 15) is 9.59 Å². The van der Waals surface area contributed by atoms with Gasteiger partial charge in [-0.3, -0.25) is 19.4 Å². The smallest absolute Gasteiger partial charge is 0.267 e. The zero-order chi connectivity index (χ0) is 19.2. The third-order valence-corrected chi connectivity index (χ3v) is 5.71. The molecule has 1 aromatic carbocycles. The maximum Gasteiger partial charge on any atom is 0.267 e. The summed E-state index contributed by atoms with van der Waals surface area (Å²) in [5.41, 5.74) is 1.15. The first-order chi connectivity index (χ1) is 13.2. The molecule has 2 aliphatic heterocycles. The molecule has 1 aromatic rings. The average Bonchev–Trinajstić information content (AvgIpc) is 2.93. The number of imide groups is 1. The predicted molar refractivity (Wildman–Crippen MR) is 107 cm³/mol. The number of para-hydroxylation sites is 1. The summed E-state index contributed by atoms with van der Waals surface area (Å²) in [6, 6.07) is 7.37. The van der Waals surface area contributed by atoms with Gasteiger partial charge in [0, 0.05) is 31.7 Å². The zero-order valence-electron chi connectivity index (χ0n) is 15.9. The van der Waals surface area contributed by atoms with Gasteiger partial charge < -0.3 is 9.47 Å². The van der Waals surface area contributed by atoms with Crippen molar-refractivity contribution in [3.05, 3.63) is 34.7 Å². The second-order valence-corrected chi connectivity index (χ2v) is 7.68. The number of nitrogens with zero attached hydrogens (tertiary/aromatic N) is 2. The maximum atomic E-state index is 13.1. The van der Waals surface area contributed by atoms with Crippen molar-refractivity contribution in [2.45, 2.75) is 13.3 Å². The summed E-state index contributed by atoms with van der Waals surface area (Å²) in [6.07, 6.45) is 0.765. The molecular formula is C20H26N2O4S. The Labute approximate surface area is 164 Å². The van der Waals surface area contributed by atoms with Gasteiger partial charge in [0.05, 0.1) is 30.8 Å². The highest BCUT2D eigenvalue weighted by Gasteiger charge is 2.39. The van der Waals surface area contributed by atoms with E-state index in [0.29, 0.717) is 28.3 Å². The summed E-state index contributed by atoms with van der Waals surface area (Å²) in [4.78, 5) is 30.2. The minimum Gasteiger partial charge on any atom is -0.496 e. The largest absolute Gasteiger partial charge is 0.496 e. The summed E-state index contributed by atoms with van der Waals surface area (Å²) in [5, 5.41) is 0. The molecule has 7 heteroatoms. The maximum absolute atomic E-state index is 13.1. The van der Waals surface area contributed by atoms with E-state index in [4.69, 9.17) is 9.47 Å². The highest BCUT2D eigenvalue weighted by atomic mass is 32.2. The molecule has 0 bridgehead atoms. The summed E-state index contributed by atoms with van der Waals surface area (Å²) in [6.45, 7) is 6.59. The summed E-state index contributed by atoms with van der Waals surface area (Å²) in [5.74, 6) is 0.935. The highest BCUT2D eigenvalue weighted by molar-refractivity contribution is 8.04. The van der Waals surface area contributed by atoms with Gasteiger partial charge in [-0.25, -0.2) is 0 Å². The lowest BCUT2D eigenvalue weighted by molar-refractivity contribution is -0.136. The van der Waals surface area contributed by atoms with Crippen LogP contribution >= 0.6 is 11.8 Å². The standard InChI is InChI=1S/C20H26N2O4S/c1-3-27-18-17(15-7-4-5-8-16(15)25-2)19(23)22(20(18)24)10-6-9-21-11-13-26-14-12-21/h4-5,7-8H,3,6,9-14H2,1-2H3. The molecule has 0 spiro atoms. The molecule has 2 heterocycles. The summed E-state index contributed by atoms with van der Waals surface area (Å²) < 4.78 is 10.8. The molecule has 6 nitrogen and oxygen atoms in total. The summed E-state index contributed by atoms with van der Waals surface area (Å²) >= 11 is 1.42. The molecule has 0 unspecified atom stereocenters. The molecular weight excluding hydrogens is 364 g/mol. The Morgan fingerprint density at radius 3 is 2.56 bits per heavy atom. The first-order valence-electron chi connectivity index (χ1n) is 9.34. The fraction of sp³-hybridized carbons (Fsp3) is 0.500. The normalized spacial score (nSPS) is 18.5.